The first-order chi connectivity index (χ1) is 7.86. The number of carboxylic acid groups (broad SMARTS) is 1. The van der Waals surface area contributed by atoms with Crippen molar-refractivity contribution in [3.05, 3.63) is 0 Å². The van der Waals surface area contributed by atoms with Gasteiger partial charge in [-0.1, -0.05) is 13.8 Å². The molecule has 0 radical (unpaired) electrons. The molecule has 2 atom stereocenters. The number of nitrogens with zero attached hydrogens (tertiary/aromatic N) is 1. The number of hydrogen-bond donors (Lipinski definition) is 2. The summed E-state index contributed by atoms with van der Waals surface area (Å²) in [6.07, 6.45) is 0. The Morgan fingerprint density at radius 1 is 1.24 bits per heavy atom. The van der Waals surface area contributed by atoms with Crippen LogP contribution in [0.25, 0.3) is 0 Å². The van der Waals surface area contributed by atoms with Crippen LogP contribution in [0.5, 0.6) is 0 Å². The Hall–Kier alpha value is -0.950. The smallest absolute Gasteiger partial charge is 0.307 e. The maximum absolute atomic E-state index is 12.1. The van der Waals surface area contributed by atoms with Gasteiger partial charge in [0.1, 0.15) is 0 Å². The van der Waals surface area contributed by atoms with E-state index in [1.54, 1.807) is 0 Å². The maximum Gasteiger partial charge on any atom is 0.307 e. The number of aliphatic carboxylic acids is 1. The summed E-state index contributed by atoms with van der Waals surface area (Å²) in [7, 11) is -2.47. The Labute approximate surface area is 101 Å². The van der Waals surface area contributed by atoms with E-state index in [4.69, 9.17) is 5.11 Å². The van der Waals surface area contributed by atoms with Gasteiger partial charge in [0.2, 0.25) is 0 Å². The van der Waals surface area contributed by atoms with Crippen molar-refractivity contribution in [1.82, 2.24) is 5.32 Å². The van der Waals surface area contributed by atoms with Gasteiger partial charge < -0.3 is 10.4 Å². The Morgan fingerprint density at radius 2 is 1.76 bits per heavy atom. The highest BCUT2D eigenvalue weighted by atomic mass is 32.2. The van der Waals surface area contributed by atoms with Crippen molar-refractivity contribution in [3.63, 3.8) is 0 Å². The molecule has 2 unspecified atom stereocenters. The van der Waals surface area contributed by atoms with Crippen LogP contribution in [-0.2, 0) is 19.3 Å². The summed E-state index contributed by atoms with van der Waals surface area (Å²) in [4.78, 5) is 22.5. The zero-order valence-corrected chi connectivity index (χ0v) is 10.8. The number of nitrogens with one attached hydrogen (secondary N) is 1. The molecule has 2 N–H and O–H groups in total. The number of carbonyl (C=O) groups excluding carboxylic acids is 1. The van der Waals surface area contributed by atoms with Crippen LogP contribution in [0.4, 0.5) is 0 Å². The van der Waals surface area contributed by atoms with Crippen molar-refractivity contribution >= 4 is 21.6 Å². The molecule has 0 spiro atoms. The molecule has 0 aromatic rings. The molecule has 1 aliphatic rings. The highest BCUT2D eigenvalue weighted by Crippen LogP contribution is 2.14. The van der Waals surface area contributed by atoms with Gasteiger partial charge in [0.05, 0.1) is 21.6 Å². The number of carbonyl (C=O) groups is 2. The fourth-order valence-corrected chi connectivity index (χ4v) is 3.26. The molecule has 0 saturated carbocycles. The highest BCUT2D eigenvalue weighted by molar-refractivity contribution is 7.94. The molecular formula is C10H18N2O4S. The molecule has 0 aromatic carbocycles. The lowest BCUT2D eigenvalue weighted by atomic mass is 9.96. The highest BCUT2D eigenvalue weighted by Gasteiger charge is 2.27. The SMILES string of the molecule is CC(C(=O)O)C(C)C(=O)N=S1(=O)CCNCC1. The first-order valence-corrected chi connectivity index (χ1v) is 7.41. The van der Waals surface area contributed by atoms with Crippen LogP contribution in [0.1, 0.15) is 13.8 Å². The number of amides is 1. The van der Waals surface area contributed by atoms with E-state index in [0.717, 1.165) is 0 Å². The van der Waals surface area contributed by atoms with E-state index in [1.807, 2.05) is 0 Å². The lowest BCUT2D eigenvalue weighted by Crippen LogP contribution is -2.36. The predicted molar refractivity (Wildman–Crippen MR) is 64.1 cm³/mol. The third-order valence-corrected chi connectivity index (χ3v) is 5.18. The maximum atomic E-state index is 12.1. The van der Waals surface area contributed by atoms with Gasteiger partial charge in [-0.2, -0.15) is 4.36 Å². The summed E-state index contributed by atoms with van der Waals surface area (Å²) in [5.41, 5.74) is 0. The number of hydrogen-bond acceptors (Lipinski definition) is 4. The second kappa shape index (κ2) is 5.59. The summed E-state index contributed by atoms with van der Waals surface area (Å²) < 4.78 is 15.9. The van der Waals surface area contributed by atoms with Crippen LogP contribution >= 0.6 is 0 Å². The van der Waals surface area contributed by atoms with E-state index in [2.05, 4.69) is 9.68 Å². The lowest BCUT2D eigenvalue weighted by Gasteiger charge is -2.18. The van der Waals surface area contributed by atoms with Gasteiger partial charge in [-0.05, 0) is 0 Å². The molecule has 1 heterocycles. The van der Waals surface area contributed by atoms with Crippen molar-refractivity contribution in [3.8, 4) is 0 Å². The van der Waals surface area contributed by atoms with Gasteiger partial charge in [0.25, 0.3) is 5.91 Å². The molecular weight excluding hydrogens is 244 g/mol. The molecule has 1 aliphatic heterocycles. The molecule has 17 heavy (non-hydrogen) atoms. The van der Waals surface area contributed by atoms with Crippen molar-refractivity contribution < 1.29 is 18.9 Å². The third kappa shape index (κ3) is 3.78. The molecule has 0 aliphatic carbocycles. The molecule has 1 rings (SSSR count). The molecule has 1 amide bonds. The molecule has 1 fully saturated rings. The zero-order chi connectivity index (χ0) is 13.1. The Balaban J connectivity index is 2.80. The van der Waals surface area contributed by atoms with Crippen molar-refractivity contribution in [2.75, 3.05) is 24.6 Å². The predicted octanol–water partition coefficient (Wildman–Crippen LogP) is -0.0590. The topological polar surface area (TPSA) is 95.8 Å². The van der Waals surface area contributed by atoms with Gasteiger partial charge in [-0.25, -0.2) is 4.21 Å². The van der Waals surface area contributed by atoms with Gasteiger partial charge >= 0.3 is 5.97 Å². The van der Waals surface area contributed by atoms with Crippen LogP contribution in [0.2, 0.25) is 0 Å². The Bertz CT molecular complexity index is 414. The van der Waals surface area contributed by atoms with Gasteiger partial charge in [-0.15, -0.1) is 0 Å². The zero-order valence-electron chi connectivity index (χ0n) is 10.0. The summed E-state index contributed by atoms with van der Waals surface area (Å²) in [6, 6.07) is 0. The quantitative estimate of drug-likeness (QED) is 0.743. The van der Waals surface area contributed by atoms with Crippen molar-refractivity contribution in [2.45, 2.75) is 13.8 Å². The van der Waals surface area contributed by atoms with Crippen LogP contribution in [0.3, 0.4) is 0 Å². The Morgan fingerprint density at radius 3 is 2.24 bits per heavy atom. The first kappa shape index (κ1) is 14.1. The molecule has 0 bridgehead atoms. The minimum absolute atomic E-state index is 0.354. The summed E-state index contributed by atoms with van der Waals surface area (Å²) in [5.74, 6) is -2.44. The fourth-order valence-electron chi connectivity index (χ4n) is 1.46. The lowest BCUT2D eigenvalue weighted by molar-refractivity contribution is -0.145. The van der Waals surface area contributed by atoms with Crippen molar-refractivity contribution in [1.29, 1.82) is 0 Å². The van der Waals surface area contributed by atoms with Gasteiger partial charge in [-0.3, -0.25) is 9.59 Å². The van der Waals surface area contributed by atoms with Crippen LogP contribution in [-0.4, -0.2) is 45.8 Å². The second-order valence-electron chi connectivity index (χ2n) is 4.28. The average Bonchev–Trinajstić information content (AvgIpc) is 2.27. The summed E-state index contributed by atoms with van der Waals surface area (Å²) in [6.45, 7) is 4.13. The van der Waals surface area contributed by atoms with Crippen molar-refractivity contribution in [2.24, 2.45) is 16.2 Å². The van der Waals surface area contributed by atoms with Gasteiger partial charge in [0, 0.05) is 24.6 Å². The summed E-state index contributed by atoms with van der Waals surface area (Å²) in [5, 5.41) is 11.8. The van der Waals surface area contributed by atoms with E-state index in [0.29, 0.717) is 24.6 Å². The standard InChI is InChI=1S/C10H18N2O4S/c1-7(8(2)10(14)15)9(13)12-17(16)5-3-11-4-6-17/h7-8,11H,3-6H2,1-2H3,(H,14,15). The van der Waals surface area contributed by atoms with Crippen LogP contribution in [0.15, 0.2) is 4.36 Å². The number of carboxylic acids is 1. The van der Waals surface area contributed by atoms with Crippen LogP contribution < -0.4 is 5.32 Å². The summed E-state index contributed by atoms with van der Waals surface area (Å²) >= 11 is 0. The average molecular weight is 262 g/mol. The minimum atomic E-state index is -2.47. The second-order valence-corrected chi connectivity index (χ2v) is 6.82. The van der Waals surface area contributed by atoms with E-state index in [1.165, 1.54) is 13.8 Å². The van der Waals surface area contributed by atoms with E-state index >= 15 is 0 Å². The fraction of sp³-hybridized carbons (Fsp3) is 0.800. The first-order valence-electron chi connectivity index (χ1n) is 5.55. The Kier molecular flexibility index (Phi) is 4.64. The monoisotopic (exact) mass is 262 g/mol. The van der Waals surface area contributed by atoms with Crippen LogP contribution in [0, 0.1) is 11.8 Å². The van der Waals surface area contributed by atoms with E-state index in [-0.39, 0.29) is 0 Å². The number of rotatable bonds is 3. The minimum Gasteiger partial charge on any atom is -0.481 e. The third-order valence-electron chi connectivity index (χ3n) is 2.98. The van der Waals surface area contributed by atoms with E-state index < -0.39 is 33.4 Å². The van der Waals surface area contributed by atoms with E-state index in [9.17, 15) is 13.8 Å². The normalized spacial score (nSPS) is 22.5. The van der Waals surface area contributed by atoms with Gasteiger partial charge in [0.15, 0.2) is 0 Å². The molecule has 6 nitrogen and oxygen atoms in total. The molecule has 7 heteroatoms. The largest absolute Gasteiger partial charge is 0.481 e. The molecule has 1 saturated heterocycles. The molecule has 0 aromatic heterocycles. The molecule has 98 valence electrons.